The number of hydrogen-bond acceptors (Lipinski definition) is 8. The number of aromatic hydroxyl groups is 2. The van der Waals surface area contributed by atoms with Crippen molar-refractivity contribution >= 4 is 5.78 Å². The molecule has 3 N–H and O–H groups in total. The summed E-state index contributed by atoms with van der Waals surface area (Å²) in [6, 6.07) is 5.38. The first kappa shape index (κ1) is 17.7. The van der Waals surface area contributed by atoms with Crippen LogP contribution >= 0.6 is 0 Å². The van der Waals surface area contributed by atoms with E-state index in [0.717, 1.165) is 0 Å². The lowest BCUT2D eigenvalue weighted by atomic mass is 9.92. The predicted octanol–water partition coefficient (Wildman–Crippen LogP) is 1.80. The van der Waals surface area contributed by atoms with Crippen LogP contribution in [0.25, 0.3) is 0 Å². The van der Waals surface area contributed by atoms with Gasteiger partial charge in [0.25, 0.3) is 0 Å². The number of carbonyl (C=O) groups is 1. The van der Waals surface area contributed by atoms with Crippen LogP contribution in [0.2, 0.25) is 0 Å². The molecule has 0 radical (unpaired) electrons. The van der Waals surface area contributed by atoms with Gasteiger partial charge in [0.1, 0.15) is 11.3 Å². The van der Waals surface area contributed by atoms with Crippen molar-refractivity contribution < 1.29 is 39.1 Å². The highest BCUT2D eigenvalue weighted by molar-refractivity contribution is 6.06. The molecule has 0 spiro atoms. The van der Waals surface area contributed by atoms with Crippen LogP contribution in [0.1, 0.15) is 22.0 Å². The Hall–Kier alpha value is -3.13. The molecule has 2 unspecified atom stereocenters. The lowest BCUT2D eigenvalue weighted by Crippen LogP contribution is -2.36. The molecule has 3 rings (SSSR count). The SMILES string of the molecule is COc1cc2c(c(OC)c1OC)C(=O)C(O)C(c1ccc(O)c(O)c1)O2. The molecule has 2 atom stereocenters. The molecule has 8 nitrogen and oxygen atoms in total. The fourth-order valence-corrected chi connectivity index (χ4v) is 2.91. The van der Waals surface area contributed by atoms with Crippen molar-refractivity contribution in [2.24, 2.45) is 0 Å². The Balaban J connectivity index is 2.14. The molecular weight excluding hydrogens is 344 g/mol. The van der Waals surface area contributed by atoms with Gasteiger partial charge >= 0.3 is 0 Å². The maximum Gasteiger partial charge on any atom is 0.204 e. The molecular formula is C18H18O8. The molecule has 0 aromatic heterocycles. The number of methoxy groups -OCH3 is 3. The van der Waals surface area contributed by atoms with Gasteiger partial charge in [-0.1, -0.05) is 6.07 Å². The second-order valence-corrected chi connectivity index (χ2v) is 5.61. The Bertz CT molecular complexity index is 861. The molecule has 1 aliphatic rings. The summed E-state index contributed by atoms with van der Waals surface area (Å²) in [6.07, 6.45) is -2.62. The van der Waals surface area contributed by atoms with E-state index in [1.54, 1.807) is 0 Å². The Morgan fingerprint density at radius 3 is 2.23 bits per heavy atom. The molecule has 1 aliphatic heterocycles. The van der Waals surface area contributed by atoms with Crippen LogP contribution < -0.4 is 18.9 Å². The second-order valence-electron chi connectivity index (χ2n) is 5.61. The quantitative estimate of drug-likeness (QED) is 0.706. The summed E-state index contributed by atoms with van der Waals surface area (Å²) in [4.78, 5) is 12.8. The van der Waals surface area contributed by atoms with Gasteiger partial charge in [0.2, 0.25) is 11.5 Å². The average Bonchev–Trinajstić information content (AvgIpc) is 2.65. The maximum absolute atomic E-state index is 12.8. The molecule has 8 heteroatoms. The molecule has 0 fully saturated rings. The van der Waals surface area contributed by atoms with Crippen molar-refractivity contribution in [3.8, 4) is 34.5 Å². The number of aliphatic hydroxyl groups excluding tert-OH is 1. The van der Waals surface area contributed by atoms with Crippen LogP contribution in [0.5, 0.6) is 34.5 Å². The minimum absolute atomic E-state index is 0.0388. The Labute approximate surface area is 149 Å². The number of phenols is 2. The monoisotopic (exact) mass is 362 g/mol. The molecule has 0 bridgehead atoms. The number of fused-ring (bicyclic) bond motifs is 1. The number of Topliss-reactive ketones (excluding diaryl/α,β-unsaturated/α-hetero) is 1. The molecule has 1 heterocycles. The predicted molar refractivity (Wildman–Crippen MR) is 89.6 cm³/mol. The standard InChI is InChI=1S/C18H18O8/c1-23-12-7-11-13(18(25-3)17(12)24-2)14(21)15(22)16(26-11)8-4-5-9(19)10(20)6-8/h4-7,15-16,19-20,22H,1-3H3. The second kappa shape index (κ2) is 6.64. The zero-order valence-electron chi connectivity index (χ0n) is 14.3. The van der Waals surface area contributed by atoms with E-state index in [9.17, 15) is 20.1 Å². The van der Waals surface area contributed by atoms with Crippen molar-refractivity contribution in [1.82, 2.24) is 0 Å². The van der Waals surface area contributed by atoms with Crippen LogP contribution in [0.15, 0.2) is 24.3 Å². The number of ketones is 1. The molecule has 26 heavy (non-hydrogen) atoms. The third-order valence-corrected chi connectivity index (χ3v) is 4.18. The summed E-state index contributed by atoms with van der Waals surface area (Å²) in [5.74, 6) is -0.592. The molecule has 138 valence electrons. The van der Waals surface area contributed by atoms with E-state index in [1.807, 2.05) is 0 Å². The zero-order chi connectivity index (χ0) is 19.0. The summed E-state index contributed by atoms with van der Waals surface area (Å²) in [5.41, 5.74) is 0.359. The van der Waals surface area contributed by atoms with E-state index in [1.165, 1.54) is 45.6 Å². The Morgan fingerprint density at radius 2 is 1.65 bits per heavy atom. The summed E-state index contributed by atoms with van der Waals surface area (Å²) >= 11 is 0. The first-order chi connectivity index (χ1) is 12.4. The first-order valence-corrected chi connectivity index (χ1v) is 7.66. The highest BCUT2D eigenvalue weighted by atomic mass is 16.5. The van der Waals surface area contributed by atoms with Gasteiger partial charge in [-0.2, -0.15) is 0 Å². The van der Waals surface area contributed by atoms with Gasteiger partial charge in [-0.25, -0.2) is 0 Å². The van der Waals surface area contributed by atoms with E-state index < -0.39 is 18.0 Å². The van der Waals surface area contributed by atoms with E-state index in [-0.39, 0.29) is 34.3 Å². The topological polar surface area (TPSA) is 115 Å². The van der Waals surface area contributed by atoms with E-state index in [4.69, 9.17) is 18.9 Å². The molecule has 0 saturated carbocycles. The first-order valence-electron chi connectivity index (χ1n) is 7.66. The Kier molecular flexibility index (Phi) is 4.52. The van der Waals surface area contributed by atoms with Gasteiger partial charge in [-0.05, 0) is 17.7 Å². The van der Waals surface area contributed by atoms with Gasteiger partial charge in [0, 0.05) is 6.07 Å². The molecule has 2 aromatic rings. The number of ether oxygens (including phenoxy) is 4. The van der Waals surface area contributed by atoms with Crippen molar-refractivity contribution in [2.75, 3.05) is 21.3 Å². The van der Waals surface area contributed by atoms with Crippen LogP contribution in [0.3, 0.4) is 0 Å². The van der Waals surface area contributed by atoms with Crippen LogP contribution in [-0.4, -0.2) is 48.5 Å². The summed E-state index contributed by atoms with van der Waals surface area (Å²) in [5, 5.41) is 29.6. The van der Waals surface area contributed by atoms with E-state index >= 15 is 0 Å². The van der Waals surface area contributed by atoms with Gasteiger partial charge in [0.15, 0.2) is 35.2 Å². The number of hydrogen-bond donors (Lipinski definition) is 3. The Morgan fingerprint density at radius 1 is 0.962 bits per heavy atom. The van der Waals surface area contributed by atoms with Crippen molar-refractivity contribution in [3.63, 3.8) is 0 Å². The minimum atomic E-state index is -1.54. The van der Waals surface area contributed by atoms with Crippen LogP contribution in [-0.2, 0) is 0 Å². The largest absolute Gasteiger partial charge is 0.504 e. The average molecular weight is 362 g/mol. The summed E-state index contributed by atoms with van der Waals surface area (Å²) < 4.78 is 21.6. The van der Waals surface area contributed by atoms with Crippen molar-refractivity contribution in [1.29, 1.82) is 0 Å². The fourth-order valence-electron chi connectivity index (χ4n) is 2.91. The molecule has 0 saturated heterocycles. The van der Waals surface area contributed by atoms with Crippen LogP contribution in [0, 0.1) is 0 Å². The number of phenolic OH excluding ortho intramolecular Hbond substituents is 2. The maximum atomic E-state index is 12.8. The van der Waals surface area contributed by atoms with Gasteiger partial charge < -0.3 is 34.3 Å². The van der Waals surface area contributed by atoms with Crippen molar-refractivity contribution in [3.05, 3.63) is 35.4 Å². The van der Waals surface area contributed by atoms with E-state index in [0.29, 0.717) is 11.3 Å². The zero-order valence-corrected chi connectivity index (χ0v) is 14.3. The fraction of sp³-hybridized carbons (Fsp3) is 0.278. The smallest absolute Gasteiger partial charge is 0.204 e. The number of benzene rings is 2. The summed E-state index contributed by atoms with van der Waals surface area (Å²) in [6.45, 7) is 0. The van der Waals surface area contributed by atoms with Gasteiger partial charge in [0.05, 0.1) is 21.3 Å². The molecule has 0 amide bonds. The number of aliphatic hydroxyl groups is 1. The number of carbonyl (C=O) groups excluding carboxylic acids is 1. The van der Waals surface area contributed by atoms with Crippen molar-refractivity contribution in [2.45, 2.75) is 12.2 Å². The number of rotatable bonds is 4. The van der Waals surface area contributed by atoms with Gasteiger partial charge in [-0.3, -0.25) is 4.79 Å². The van der Waals surface area contributed by atoms with E-state index in [2.05, 4.69) is 0 Å². The third-order valence-electron chi connectivity index (χ3n) is 4.18. The lowest BCUT2D eigenvalue weighted by molar-refractivity contribution is 0.0208. The highest BCUT2D eigenvalue weighted by Gasteiger charge is 2.41. The molecule has 2 aromatic carbocycles. The summed E-state index contributed by atoms with van der Waals surface area (Å²) in [7, 11) is 4.19. The van der Waals surface area contributed by atoms with Gasteiger partial charge in [-0.15, -0.1) is 0 Å². The van der Waals surface area contributed by atoms with Crippen LogP contribution in [0.4, 0.5) is 0 Å². The third kappa shape index (κ3) is 2.64. The lowest BCUT2D eigenvalue weighted by Gasteiger charge is -2.31. The normalized spacial score (nSPS) is 18.7. The minimum Gasteiger partial charge on any atom is -0.504 e. The highest BCUT2D eigenvalue weighted by Crippen LogP contribution is 2.49. The molecule has 0 aliphatic carbocycles.